The molecule has 0 spiro atoms. The van der Waals surface area contributed by atoms with Gasteiger partial charge in [-0.2, -0.15) is 0 Å². The van der Waals surface area contributed by atoms with Crippen molar-refractivity contribution in [2.75, 3.05) is 4.90 Å². The van der Waals surface area contributed by atoms with Gasteiger partial charge in [-0.3, -0.25) is 0 Å². The number of allylic oxidation sites excluding steroid dienone is 2. The monoisotopic (exact) mass is 399 g/mol. The number of hydrogen-bond donors (Lipinski definition) is 0. The van der Waals surface area contributed by atoms with Crippen LogP contribution < -0.4 is 4.90 Å². The molecule has 0 bridgehead atoms. The quantitative estimate of drug-likeness (QED) is 0.334. The van der Waals surface area contributed by atoms with Crippen molar-refractivity contribution in [2.45, 2.75) is 13.3 Å². The molecule has 150 valence electrons. The molecule has 0 radical (unpaired) electrons. The highest BCUT2D eigenvalue weighted by Gasteiger charge is 2.19. The van der Waals surface area contributed by atoms with Crippen molar-refractivity contribution >= 4 is 23.1 Å². The lowest BCUT2D eigenvalue weighted by atomic mass is 10.0. The fourth-order valence-corrected chi connectivity index (χ4v) is 4.13. The average molecular weight is 400 g/mol. The van der Waals surface area contributed by atoms with Crippen LogP contribution in [0, 0.1) is 6.92 Å². The summed E-state index contributed by atoms with van der Waals surface area (Å²) in [6.45, 7) is 2.13. The minimum atomic E-state index is 0.911. The SMILES string of the molecule is Cc1ccc(N(C2=CCC=Cc3ccccc32)c2ccc(-c3ccccc3)cc2)cc1. The first-order valence-electron chi connectivity index (χ1n) is 10.8. The molecule has 1 heteroatoms. The predicted octanol–water partition coefficient (Wildman–Crippen LogP) is 8.26. The Morgan fingerprint density at radius 1 is 0.613 bits per heavy atom. The summed E-state index contributed by atoms with van der Waals surface area (Å²) < 4.78 is 0. The average Bonchev–Trinajstić information content (AvgIpc) is 3.04. The first kappa shape index (κ1) is 19.1. The van der Waals surface area contributed by atoms with Gasteiger partial charge in [-0.1, -0.05) is 103 Å². The maximum Gasteiger partial charge on any atom is 0.0503 e. The maximum absolute atomic E-state index is 2.38. The van der Waals surface area contributed by atoms with Gasteiger partial charge < -0.3 is 4.90 Å². The van der Waals surface area contributed by atoms with Gasteiger partial charge >= 0.3 is 0 Å². The molecule has 0 saturated carbocycles. The molecular formula is C30H25N. The topological polar surface area (TPSA) is 3.24 Å². The van der Waals surface area contributed by atoms with Crippen LogP contribution in [0.3, 0.4) is 0 Å². The molecule has 5 rings (SSSR count). The van der Waals surface area contributed by atoms with E-state index >= 15 is 0 Å². The fourth-order valence-electron chi connectivity index (χ4n) is 4.13. The van der Waals surface area contributed by atoms with Gasteiger partial charge in [-0.15, -0.1) is 0 Å². The second-order valence-electron chi connectivity index (χ2n) is 7.90. The van der Waals surface area contributed by atoms with Crippen LogP contribution in [0.15, 0.2) is 115 Å². The number of benzene rings is 4. The van der Waals surface area contributed by atoms with Crippen molar-refractivity contribution in [3.05, 3.63) is 132 Å². The van der Waals surface area contributed by atoms with Crippen molar-refractivity contribution in [3.63, 3.8) is 0 Å². The fraction of sp³-hybridized carbons (Fsp3) is 0.0667. The third kappa shape index (κ3) is 3.95. The van der Waals surface area contributed by atoms with Gasteiger partial charge in [0.25, 0.3) is 0 Å². The highest BCUT2D eigenvalue weighted by molar-refractivity contribution is 5.91. The van der Waals surface area contributed by atoms with Crippen molar-refractivity contribution in [3.8, 4) is 11.1 Å². The molecule has 0 aliphatic heterocycles. The minimum Gasteiger partial charge on any atom is -0.310 e. The van der Waals surface area contributed by atoms with E-state index in [2.05, 4.69) is 133 Å². The Kier molecular flexibility index (Phi) is 5.24. The molecule has 31 heavy (non-hydrogen) atoms. The summed E-state index contributed by atoms with van der Waals surface area (Å²) in [5.74, 6) is 0. The summed E-state index contributed by atoms with van der Waals surface area (Å²) in [7, 11) is 0. The lowest BCUT2D eigenvalue weighted by molar-refractivity contribution is 1.26. The molecule has 0 saturated heterocycles. The van der Waals surface area contributed by atoms with Crippen LogP contribution in [-0.4, -0.2) is 0 Å². The zero-order valence-electron chi connectivity index (χ0n) is 17.7. The van der Waals surface area contributed by atoms with Crippen LogP contribution in [0.25, 0.3) is 22.9 Å². The van der Waals surface area contributed by atoms with Crippen molar-refractivity contribution in [1.82, 2.24) is 0 Å². The predicted molar refractivity (Wildman–Crippen MR) is 133 cm³/mol. The number of hydrogen-bond acceptors (Lipinski definition) is 1. The number of fused-ring (bicyclic) bond motifs is 1. The molecule has 0 fully saturated rings. The Balaban J connectivity index is 1.63. The van der Waals surface area contributed by atoms with E-state index in [0.717, 1.165) is 12.1 Å². The zero-order chi connectivity index (χ0) is 21.0. The molecule has 0 heterocycles. The maximum atomic E-state index is 2.38. The molecule has 0 atom stereocenters. The van der Waals surface area contributed by atoms with Gasteiger partial charge in [0.15, 0.2) is 0 Å². The van der Waals surface area contributed by atoms with Crippen LogP contribution in [0.4, 0.5) is 11.4 Å². The lowest BCUT2D eigenvalue weighted by Gasteiger charge is -2.29. The standard InChI is InChI=1S/C30H25N/c1-23-15-19-27(20-16-23)31(30-14-8-6-12-26-11-5-7-13-29(26)30)28-21-17-25(18-22-28)24-9-3-2-4-10-24/h2-7,9-22H,8H2,1H3. The van der Waals surface area contributed by atoms with E-state index in [9.17, 15) is 0 Å². The van der Waals surface area contributed by atoms with E-state index < -0.39 is 0 Å². The van der Waals surface area contributed by atoms with Gasteiger partial charge in [0, 0.05) is 16.9 Å². The molecule has 0 unspecified atom stereocenters. The van der Waals surface area contributed by atoms with Gasteiger partial charge in [0.1, 0.15) is 0 Å². The minimum absolute atomic E-state index is 0.911. The molecule has 4 aromatic rings. The van der Waals surface area contributed by atoms with E-state index in [1.807, 2.05) is 0 Å². The van der Waals surface area contributed by atoms with Gasteiger partial charge in [-0.05, 0) is 54.3 Å². The summed E-state index contributed by atoms with van der Waals surface area (Å²) in [6, 6.07) is 36.8. The van der Waals surface area contributed by atoms with Crippen LogP contribution in [-0.2, 0) is 0 Å². The molecule has 0 amide bonds. The summed E-state index contributed by atoms with van der Waals surface area (Å²) in [5.41, 5.74) is 9.78. The molecule has 0 aromatic heterocycles. The van der Waals surface area contributed by atoms with E-state index in [1.165, 1.54) is 39.2 Å². The van der Waals surface area contributed by atoms with Crippen molar-refractivity contribution in [1.29, 1.82) is 0 Å². The highest BCUT2D eigenvalue weighted by atomic mass is 15.1. The second-order valence-corrected chi connectivity index (χ2v) is 7.90. The third-order valence-electron chi connectivity index (χ3n) is 5.75. The lowest BCUT2D eigenvalue weighted by Crippen LogP contribution is -2.16. The van der Waals surface area contributed by atoms with Gasteiger partial charge in [0.2, 0.25) is 0 Å². The van der Waals surface area contributed by atoms with E-state index in [-0.39, 0.29) is 0 Å². The van der Waals surface area contributed by atoms with Gasteiger partial charge in [0.05, 0.1) is 5.70 Å². The number of rotatable bonds is 4. The van der Waals surface area contributed by atoms with E-state index in [0.29, 0.717) is 0 Å². The van der Waals surface area contributed by atoms with Crippen LogP contribution in [0.5, 0.6) is 0 Å². The van der Waals surface area contributed by atoms with E-state index in [1.54, 1.807) is 0 Å². The number of aryl methyl sites for hydroxylation is 1. The molecule has 1 aliphatic carbocycles. The normalized spacial score (nSPS) is 12.6. The molecule has 1 aliphatic rings. The zero-order valence-corrected chi connectivity index (χ0v) is 17.7. The number of nitrogens with zero attached hydrogens (tertiary/aromatic N) is 1. The van der Waals surface area contributed by atoms with E-state index in [4.69, 9.17) is 0 Å². The Morgan fingerprint density at radius 3 is 1.97 bits per heavy atom. The second kappa shape index (κ2) is 8.49. The van der Waals surface area contributed by atoms with Crippen molar-refractivity contribution in [2.24, 2.45) is 0 Å². The molecular weight excluding hydrogens is 374 g/mol. The molecule has 1 nitrogen and oxygen atoms in total. The largest absolute Gasteiger partial charge is 0.310 e. The Labute approximate surface area is 184 Å². The number of anilines is 2. The summed E-state index contributed by atoms with van der Waals surface area (Å²) >= 11 is 0. The first-order valence-corrected chi connectivity index (χ1v) is 10.8. The van der Waals surface area contributed by atoms with Crippen LogP contribution in [0.1, 0.15) is 23.1 Å². The Morgan fingerprint density at radius 2 is 1.23 bits per heavy atom. The Bertz CT molecular complexity index is 1230. The third-order valence-corrected chi connectivity index (χ3v) is 5.75. The molecule has 0 N–H and O–H groups in total. The first-order chi connectivity index (χ1) is 15.3. The van der Waals surface area contributed by atoms with Crippen molar-refractivity contribution < 1.29 is 0 Å². The summed E-state index contributed by atoms with van der Waals surface area (Å²) in [5, 5.41) is 0. The smallest absolute Gasteiger partial charge is 0.0503 e. The van der Waals surface area contributed by atoms with Crippen LogP contribution >= 0.6 is 0 Å². The summed E-state index contributed by atoms with van der Waals surface area (Å²) in [6.07, 6.45) is 7.70. The summed E-state index contributed by atoms with van der Waals surface area (Å²) in [4.78, 5) is 2.38. The molecule has 4 aromatic carbocycles. The van der Waals surface area contributed by atoms with Gasteiger partial charge in [-0.25, -0.2) is 0 Å². The highest BCUT2D eigenvalue weighted by Crippen LogP contribution is 2.38. The Hall–Kier alpha value is -3.84. The van der Waals surface area contributed by atoms with Crippen LogP contribution in [0.2, 0.25) is 0 Å².